The molecule has 3 aliphatic rings. The van der Waals surface area contributed by atoms with Crippen molar-refractivity contribution in [1.29, 1.82) is 0 Å². The van der Waals surface area contributed by atoms with Gasteiger partial charge in [-0.2, -0.15) is 0 Å². The summed E-state index contributed by atoms with van der Waals surface area (Å²) in [6, 6.07) is 9.20. The molecule has 0 spiro atoms. The fourth-order valence-electron chi connectivity index (χ4n) is 5.45. The molecule has 2 heterocycles. The Kier molecular flexibility index (Phi) is 8.07. The zero-order valence-corrected chi connectivity index (χ0v) is 21.1. The van der Waals surface area contributed by atoms with E-state index in [9.17, 15) is 0 Å². The van der Waals surface area contributed by atoms with Crippen LogP contribution in [-0.4, -0.2) is 44.4 Å². The van der Waals surface area contributed by atoms with Crippen molar-refractivity contribution in [3.8, 4) is 0 Å². The van der Waals surface area contributed by atoms with Gasteiger partial charge in [-0.25, -0.2) is 0 Å². The third-order valence-electron chi connectivity index (χ3n) is 7.07. The maximum absolute atomic E-state index is 6.19. The minimum absolute atomic E-state index is 0. The molecule has 0 amide bonds. The monoisotopic (exact) mass is 527 g/mol. The van der Waals surface area contributed by atoms with Gasteiger partial charge < -0.3 is 20.1 Å². The number of guanidine groups is 1. The van der Waals surface area contributed by atoms with Crippen LogP contribution >= 0.6 is 24.0 Å². The Morgan fingerprint density at radius 3 is 2.63 bits per heavy atom. The number of benzene rings is 1. The number of hydrogen-bond acceptors (Lipinski definition) is 3. The van der Waals surface area contributed by atoms with Crippen LogP contribution in [0.25, 0.3) is 0 Å². The molecule has 1 aliphatic carbocycles. The number of nitrogens with zero attached hydrogens (tertiary/aromatic N) is 1. The van der Waals surface area contributed by atoms with Gasteiger partial charge in [0, 0.05) is 49.6 Å². The van der Waals surface area contributed by atoms with Gasteiger partial charge >= 0.3 is 0 Å². The van der Waals surface area contributed by atoms with Gasteiger partial charge in [0.25, 0.3) is 0 Å². The zero-order chi connectivity index (χ0) is 20.4. The van der Waals surface area contributed by atoms with Gasteiger partial charge in [-0.15, -0.1) is 24.0 Å². The van der Waals surface area contributed by atoms with Crippen LogP contribution in [-0.2, 0) is 9.47 Å². The Labute approximate surface area is 198 Å². The molecule has 5 unspecified atom stereocenters. The van der Waals surface area contributed by atoms with Gasteiger partial charge in [0.2, 0.25) is 0 Å². The third kappa shape index (κ3) is 4.80. The number of aryl methyl sites for hydroxylation is 1. The van der Waals surface area contributed by atoms with Crippen LogP contribution in [0.4, 0.5) is 0 Å². The van der Waals surface area contributed by atoms with Gasteiger partial charge in [0.05, 0.1) is 12.2 Å². The van der Waals surface area contributed by atoms with Crippen LogP contribution in [0, 0.1) is 24.2 Å². The van der Waals surface area contributed by atoms with Crippen molar-refractivity contribution in [3.05, 3.63) is 35.4 Å². The van der Waals surface area contributed by atoms with Gasteiger partial charge in [-0.3, -0.25) is 4.99 Å². The van der Waals surface area contributed by atoms with Crippen molar-refractivity contribution in [3.63, 3.8) is 0 Å². The highest BCUT2D eigenvalue weighted by Crippen LogP contribution is 2.52. The second kappa shape index (κ2) is 10.2. The SMILES string of the molecule is CCNC(=NCC1CCCOC1c1ccc(C)cc1)NC1C2CCOC2C1(C)C.I. The summed E-state index contributed by atoms with van der Waals surface area (Å²) >= 11 is 0. The second-order valence-corrected chi connectivity index (χ2v) is 9.51. The predicted octanol–water partition coefficient (Wildman–Crippen LogP) is 4.45. The Morgan fingerprint density at radius 1 is 1.13 bits per heavy atom. The number of halogens is 1. The maximum atomic E-state index is 6.19. The van der Waals surface area contributed by atoms with E-state index in [0.717, 1.165) is 51.5 Å². The van der Waals surface area contributed by atoms with E-state index in [-0.39, 0.29) is 35.5 Å². The molecular formula is C24H38IN3O2. The Bertz CT molecular complexity index is 722. The molecule has 5 atom stereocenters. The molecule has 0 radical (unpaired) electrons. The number of ether oxygens (including phenoxy) is 2. The lowest BCUT2D eigenvalue weighted by atomic mass is 9.57. The zero-order valence-electron chi connectivity index (χ0n) is 18.8. The minimum Gasteiger partial charge on any atom is -0.377 e. The summed E-state index contributed by atoms with van der Waals surface area (Å²) in [5, 5.41) is 7.19. The summed E-state index contributed by atoms with van der Waals surface area (Å²) < 4.78 is 12.1. The fraction of sp³-hybridized carbons (Fsp3) is 0.708. The molecule has 30 heavy (non-hydrogen) atoms. The topological polar surface area (TPSA) is 54.9 Å². The molecule has 1 aromatic carbocycles. The van der Waals surface area contributed by atoms with Gasteiger partial charge in [0.1, 0.15) is 0 Å². The largest absolute Gasteiger partial charge is 0.377 e. The van der Waals surface area contributed by atoms with Crippen LogP contribution in [0.15, 0.2) is 29.3 Å². The molecule has 2 N–H and O–H groups in total. The molecule has 1 aromatic rings. The van der Waals surface area contributed by atoms with E-state index in [1.807, 2.05) is 0 Å². The molecule has 1 saturated carbocycles. The molecule has 0 bridgehead atoms. The predicted molar refractivity (Wildman–Crippen MR) is 133 cm³/mol. The molecule has 3 fully saturated rings. The van der Waals surface area contributed by atoms with E-state index in [2.05, 4.69) is 62.6 Å². The van der Waals surface area contributed by atoms with Crippen molar-refractivity contribution >= 4 is 29.9 Å². The molecule has 4 rings (SSSR count). The quantitative estimate of drug-likeness (QED) is 0.338. The van der Waals surface area contributed by atoms with Crippen molar-refractivity contribution < 1.29 is 9.47 Å². The van der Waals surface area contributed by atoms with Crippen LogP contribution in [0.5, 0.6) is 0 Å². The maximum Gasteiger partial charge on any atom is 0.191 e. The summed E-state index contributed by atoms with van der Waals surface area (Å²) in [5.41, 5.74) is 2.71. The first-order valence-corrected chi connectivity index (χ1v) is 11.4. The van der Waals surface area contributed by atoms with Gasteiger partial charge in [0.15, 0.2) is 5.96 Å². The molecule has 5 nitrogen and oxygen atoms in total. The number of hydrogen-bond donors (Lipinski definition) is 2. The van der Waals surface area contributed by atoms with Crippen molar-refractivity contribution in [2.24, 2.45) is 22.2 Å². The second-order valence-electron chi connectivity index (χ2n) is 9.51. The summed E-state index contributed by atoms with van der Waals surface area (Å²) in [4.78, 5) is 5.01. The third-order valence-corrected chi connectivity index (χ3v) is 7.07. The lowest BCUT2D eigenvalue weighted by molar-refractivity contribution is -0.106. The minimum atomic E-state index is 0. The number of aliphatic imine (C=N–C) groups is 1. The highest BCUT2D eigenvalue weighted by atomic mass is 127. The number of rotatable bonds is 5. The van der Waals surface area contributed by atoms with Crippen LogP contribution in [0.1, 0.15) is 57.3 Å². The first-order chi connectivity index (χ1) is 14.0. The number of nitrogens with one attached hydrogen (secondary N) is 2. The highest BCUT2D eigenvalue weighted by molar-refractivity contribution is 14.0. The average Bonchev–Trinajstić information content (AvgIpc) is 3.18. The summed E-state index contributed by atoms with van der Waals surface area (Å²) in [6.45, 7) is 12.3. The van der Waals surface area contributed by atoms with E-state index in [1.54, 1.807) is 0 Å². The molecule has 2 saturated heterocycles. The normalized spacial score (nSPS) is 32.5. The van der Waals surface area contributed by atoms with Crippen LogP contribution in [0.2, 0.25) is 0 Å². The molecule has 0 aromatic heterocycles. The lowest BCUT2D eigenvalue weighted by Crippen LogP contribution is -2.68. The van der Waals surface area contributed by atoms with E-state index in [1.165, 1.54) is 11.1 Å². The van der Waals surface area contributed by atoms with E-state index in [4.69, 9.17) is 14.5 Å². The first kappa shape index (κ1) is 23.8. The number of fused-ring (bicyclic) bond motifs is 1. The molecule has 6 heteroatoms. The highest BCUT2D eigenvalue weighted by Gasteiger charge is 2.59. The fourth-order valence-corrected chi connectivity index (χ4v) is 5.45. The van der Waals surface area contributed by atoms with Gasteiger partial charge in [-0.1, -0.05) is 43.7 Å². The Morgan fingerprint density at radius 2 is 1.90 bits per heavy atom. The van der Waals surface area contributed by atoms with Crippen molar-refractivity contribution in [2.75, 3.05) is 26.3 Å². The first-order valence-electron chi connectivity index (χ1n) is 11.4. The molecule has 168 valence electrons. The summed E-state index contributed by atoms with van der Waals surface area (Å²) in [5.74, 6) is 1.95. The smallest absolute Gasteiger partial charge is 0.191 e. The van der Waals surface area contributed by atoms with E-state index < -0.39 is 0 Å². The Hall–Kier alpha value is -0.860. The van der Waals surface area contributed by atoms with E-state index in [0.29, 0.717) is 24.0 Å². The lowest BCUT2D eigenvalue weighted by Gasteiger charge is -2.55. The van der Waals surface area contributed by atoms with E-state index >= 15 is 0 Å². The van der Waals surface area contributed by atoms with Crippen LogP contribution in [0.3, 0.4) is 0 Å². The summed E-state index contributed by atoms with van der Waals surface area (Å²) in [7, 11) is 0. The van der Waals surface area contributed by atoms with Crippen molar-refractivity contribution in [2.45, 2.75) is 65.2 Å². The molecule has 2 aliphatic heterocycles. The summed E-state index contributed by atoms with van der Waals surface area (Å²) in [6.07, 6.45) is 3.96. The Balaban J connectivity index is 0.00000256. The van der Waals surface area contributed by atoms with Crippen LogP contribution < -0.4 is 10.6 Å². The molecular weight excluding hydrogens is 489 g/mol. The van der Waals surface area contributed by atoms with Crippen molar-refractivity contribution in [1.82, 2.24) is 10.6 Å². The standard InChI is InChI=1S/C24H37N3O2.HI/c1-5-25-23(27-21-19-12-14-29-22(19)24(21,3)4)26-15-18-7-6-13-28-20(18)17-10-8-16(2)9-11-17;/h8-11,18-22H,5-7,12-15H2,1-4H3,(H2,25,26,27);1H. The average molecular weight is 527 g/mol. The van der Waals surface area contributed by atoms with Gasteiger partial charge in [-0.05, 0) is 38.7 Å².